The molecular weight excluding hydrogens is 480 g/mol. The Bertz CT molecular complexity index is 939. The van der Waals surface area contributed by atoms with E-state index in [4.69, 9.17) is 16.3 Å². The van der Waals surface area contributed by atoms with Gasteiger partial charge in [0.15, 0.2) is 0 Å². The van der Waals surface area contributed by atoms with Gasteiger partial charge in [-0.05, 0) is 35.9 Å². The minimum atomic E-state index is -0.577. The lowest BCUT2D eigenvalue weighted by atomic mass is 10.0. The van der Waals surface area contributed by atoms with Gasteiger partial charge in [-0.2, -0.15) is 0 Å². The van der Waals surface area contributed by atoms with Crippen LogP contribution < -0.4 is 10.6 Å². The van der Waals surface area contributed by atoms with Gasteiger partial charge in [-0.3, -0.25) is 14.4 Å². The van der Waals surface area contributed by atoms with Gasteiger partial charge in [0, 0.05) is 20.8 Å². The van der Waals surface area contributed by atoms with Crippen LogP contribution in [0.15, 0.2) is 51.8 Å². The van der Waals surface area contributed by atoms with Gasteiger partial charge in [-0.1, -0.05) is 39.7 Å². The van der Waals surface area contributed by atoms with Crippen LogP contribution >= 0.6 is 39.3 Å². The monoisotopic (exact) mass is 496 g/mol. The third kappa shape index (κ3) is 5.74. The second kappa shape index (κ2) is 9.65. The first-order valence-electron chi connectivity index (χ1n) is 8.74. The molecule has 9 heteroatoms. The standard InChI is InChI=1S/C20H18BrClN2O4S/c1-28-19(26)9-14(11-2-4-12(21)5-3-11)23-18(25)10-17-20(27)24-15-8-13(22)6-7-16(15)29-17/h2-8,14,17H,9-10H2,1H3,(H,23,25)(H,24,27). The molecule has 1 heterocycles. The molecule has 0 saturated heterocycles. The minimum Gasteiger partial charge on any atom is -0.469 e. The lowest BCUT2D eigenvalue weighted by Crippen LogP contribution is -2.37. The summed E-state index contributed by atoms with van der Waals surface area (Å²) in [5, 5.41) is 5.59. The molecule has 0 saturated carbocycles. The number of hydrogen-bond acceptors (Lipinski definition) is 5. The fourth-order valence-corrected chi connectivity index (χ4v) is 4.40. The van der Waals surface area contributed by atoms with E-state index in [9.17, 15) is 14.4 Å². The van der Waals surface area contributed by atoms with Crippen molar-refractivity contribution in [1.82, 2.24) is 5.32 Å². The molecule has 0 bridgehead atoms. The first-order chi connectivity index (χ1) is 13.9. The SMILES string of the molecule is COC(=O)CC(NC(=O)CC1Sc2ccc(Cl)cc2NC1=O)c1ccc(Br)cc1. The van der Waals surface area contributed by atoms with Crippen molar-refractivity contribution >= 4 is 62.8 Å². The van der Waals surface area contributed by atoms with E-state index in [1.807, 2.05) is 30.3 Å². The number of anilines is 1. The third-order valence-electron chi connectivity index (χ3n) is 4.34. The molecule has 1 aliphatic rings. The van der Waals surface area contributed by atoms with E-state index in [1.54, 1.807) is 12.1 Å². The average Bonchev–Trinajstić information content (AvgIpc) is 2.68. The first kappa shape index (κ1) is 21.7. The molecule has 0 spiro atoms. The highest BCUT2D eigenvalue weighted by molar-refractivity contribution is 9.10. The first-order valence-corrected chi connectivity index (χ1v) is 10.8. The number of benzene rings is 2. The maximum atomic E-state index is 12.7. The molecule has 29 heavy (non-hydrogen) atoms. The van der Waals surface area contributed by atoms with E-state index < -0.39 is 17.3 Å². The highest BCUT2D eigenvalue weighted by Gasteiger charge is 2.30. The van der Waals surface area contributed by atoms with Crippen molar-refractivity contribution in [2.45, 2.75) is 29.0 Å². The van der Waals surface area contributed by atoms with Gasteiger partial charge in [0.25, 0.3) is 0 Å². The molecular formula is C20H18BrClN2O4S. The predicted octanol–water partition coefficient (Wildman–Crippen LogP) is 4.33. The molecule has 0 radical (unpaired) electrons. The number of carbonyl (C=O) groups excluding carboxylic acids is 3. The summed E-state index contributed by atoms with van der Waals surface area (Å²) in [6.07, 6.45) is -0.0258. The number of rotatable bonds is 6. The number of fused-ring (bicyclic) bond motifs is 1. The summed E-state index contributed by atoms with van der Waals surface area (Å²) in [7, 11) is 1.30. The summed E-state index contributed by atoms with van der Waals surface area (Å²) in [6.45, 7) is 0. The summed E-state index contributed by atoms with van der Waals surface area (Å²) in [5.41, 5.74) is 1.41. The van der Waals surface area contributed by atoms with E-state index in [-0.39, 0.29) is 24.7 Å². The highest BCUT2D eigenvalue weighted by atomic mass is 79.9. The Balaban J connectivity index is 1.69. The Morgan fingerprint density at radius 2 is 2.00 bits per heavy atom. The molecule has 6 nitrogen and oxygen atoms in total. The maximum Gasteiger partial charge on any atom is 0.307 e. The van der Waals surface area contributed by atoms with Crippen molar-refractivity contribution in [1.29, 1.82) is 0 Å². The van der Waals surface area contributed by atoms with Gasteiger partial charge in [0.2, 0.25) is 11.8 Å². The molecule has 2 amide bonds. The van der Waals surface area contributed by atoms with Crippen LogP contribution in [0, 0.1) is 0 Å². The Morgan fingerprint density at radius 1 is 1.28 bits per heavy atom. The van der Waals surface area contributed by atoms with Crippen LogP contribution in [0.3, 0.4) is 0 Å². The summed E-state index contributed by atoms with van der Waals surface area (Å²) in [5.74, 6) is -1.02. The smallest absolute Gasteiger partial charge is 0.307 e. The van der Waals surface area contributed by atoms with Crippen molar-refractivity contribution in [3.63, 3.8) is 0 Å². The third-order valence-corrected chi connectivity index (χ3v) is 6.38. The zero-order valence-corrected chi connectivity index (χ0v) is 18.6. The predicted molar refractivity (Wildman–Crippen MR) is 116 cm³/mol. The molecule has 0 fully saturated rings. The Morgan fingerprint density at radius 3 is 2.69 bits per heavy atom. The van der Waals surface area contributed by atoms with Gasteiger partial charge in [-0.25, -0.2) is 0 Å². The number of thioether (sulfide) groups is 1. The molecule has 152 valence electrons. The quantitative estimate of drug-likeness (QED) is 0.581. The summed E-state index contributed by atoms with van der Waals surface area (Å²) in [6, 6.07) is 12.0. The Hall–Kier alpha value is -2.03. The molecule has 2 aromatic rings. The lowest BCUT2D eigenvalue weighted by Gasteiger charge is -2.25. The summed E-state index contributed by atoms with van der Waals surface area (Å²) in [4.78, 5) is 37.7. The average molecular weight is 498 g/mol. The van der Waals surface area contributed by atoms with Crippen LogP contribution in [0.5, 0.6) is 0 Å². The zero-order chi connectivity index (χ0) is 21.0. The summed E-state index contributed by atoms with van der Waals surface area (Å²) >= 11 is 10.6. The molecule has 3 rings (SSSR count). The number of ether oxygens (including phenoxy) is 1. The number of nitrogens with one attached hydrogen (secondary N) is 2. The fraction of sp³-hybridized carbons (Fsp3) is 0.250. The van der Waals surface area contributed by atoms with Gasteiger partial charge < -0.3 is 15.4 Å². The van der Waals surface area contributed by atoms with Crippen molar-refractivity contribution < 1.29 is 19.1 Å². The number of amides is 2. The summed E-state index contributed by atoms with van der Waals surface area (Å²) < 4.78 is 5.63. The largest absolute Gasteiger partial charge is 0.469 e. The molecule has 0 aliphatic carbocycles. The van der Waals surface area contributed by atoms with E-state index >= 15 is 0 Å². The van der Waals surface area contributed by atoms with E-state index in [2.05, 4.69) is 26.6 Å². The van der Waals surface area contributed by atoms with E-state index in [0.717, 1.165) is 14.9 Å². The number of hydrogen-bond donors (Lipinski definition) is 2. The molecule has 2 aromatic carbocycles. The van der Waals surface area contributed by atoms with Crippen molar-refractivity contribution in [2.24, 2.45) is 0 Å². The maximum absolute atomic E-state index is 12.7. The van der Waals surface area contributed by atoms with Crippen molar-refractivity contribution in [2.75, 3.05) is 12.4 Å². The lowest BCUT2D eigenvalue weighted by molar-refractivity contribution is -0.141. The second-order valence-electron chi connectivity index (χ2n) is 6.39. The van der Waals surface area contributed by atoms with Crippen LogP contribution in [0.4, 0.5) is 5.69 Å². The van der Waals surface area contributed by atoms with Crippen molar-refractivity contribution in [3.8, 4) is 0 Å². The van der Waals surface area contributed by atoms with Crippen LogP contribution in [0.2, 0.25) is 5.02 Å². The number of carbonyl (C=O) groups is 3. The molecule has 2 N–H and O–H groups in total. The number of methoxy groups -OCH3 is 1. The molecule has 1 aliphatic heterocycles. The molecule has 0 aromatic heterocycles. The number of esters is 1. The van der Waals surface area contributed by atoms with Gasteiger partial charge in [0.1, 0.15) is 0 Å². The second-order valence-corrected chi connectivity index (χ2v) is 8.99. The molecule has 2 unspecified atom stereocenters. The Labute approximate surface area is 185 Å². The topological polar surface area (TPSA) is 84.5 Å². The normalized spacial score (nSPS) is 16.4. The van der Waals surface area contributed by atoms with Gasteiger partial charge in [0.05, 0.1) is 30.5 Å². The number of halogens is 2. The van der Waals surface area contributed by atoms with Gasteiger partial charge in [-0.15, -0.1) is 11.8 Å². The van der Waals surface area contributed by atoms with Crippen LogP contribution in [0.25, 0.3) is 0 Å². The Kier molecular flexibility index (Phi) is 7.21. The zero-order valence-electron chi connectivity index (χ0n) is 15.4. The van der Waals surface area contributed by atoms with E-state index in [1.165, 1.54) is 18.9 Å². The van der Waals surface area contributed by atoms with Gasteiger partial charge >= 0.3 is 5.97 Å². The van der Waals surface area contributed by atoms with Crippen LogP contribution in [0.1, 0.15) is 24.4 Å². The molecule has 2 atom stereocenters. The highest BCUT2D eigenvalue weighted by Crippen LogP contribution is 2.38. The van der Waals surface area contributed by atoms with Crippen molar-refractivity contribution in [3.05, 3.63) is 57.5 Å². The minimum absolute atomic E-state index is 0.00475. The fourth-order valence-electron chi connectivity index (χ4n) is 2.88. The van der Waals surface area contributed by atoms with Crippen LogP contribution in [-0.2, 0) is 19.1 Å². The van der Waals surface area contributed by atoms with E-state index in [0.29, 0.717) is 10.7 Å². The van der Waals surface area contributed by atoms with Crippen LogP contribution in [-0.4, -0.2) is 30.1 Å².